The average molecular weight is 253 g/mol. The summed E-state index contributed by atoms with van der Waals surface area (Å²) in [5.41, 5.74) is 0.815. The monoisotopic (exact) mass is 253 g/mol. The van der Waals surface area contributed by atoms with E-state index in [0.717, 1.165) is 5.69 Å². The van der Waals surface area contributed by atoms with E-state index < -0.39 is 9.84 Å². The van der Waals surface area contributed by atoms with Gasteiger partial charge in [-0.15, -0.1) is 5.92 Å². The van der Waals surface area contributed by atoms with E-state index in [0.29, 0.717) is 6.54 Å². The Morgan fingerprint density at radius 2 is 1.94 bits per heavy atom. The Morgan fingerprint density at radius 3 is 2.47 bits per heavy atom. The summed E-state index contributed by atoms with van der Waals surface area (Å²) in [4.78, 5) is 0.221. The summed E-state index contributed by atoms with van der Waals surface area (Å²) in [7, 11) is -3.36. The third-order valence-corrected chi connectivity index (χ3v) is 3.84. The van der Waals surface area contributed by atoms with Crippen molar-refractivity contribution in [3.63, 3.8) is 0 Å². The molecule has 0 saturated carbocycles. The van der Waals surface area contributed by atoms with E-state index in [1.807, 2.05) is 0 Å². The van der Waals surface area contributed by atoms with Crippen LogP contribution in [-0.4, -0.2) is 32.4 Å². The Morgan fingerprint density at radius 1 is 1.29 bits per heavy atom. The van der Waals surface area contributed by atoms with Gasteiger partial charge in [-0.1, -0.05) is 5.92 Å². The average Bonchev–Trinajstić information content (AvgIpc) is 2.30. The molecule has 4 nitrogen and oxygen atoms in total. The molecule has 0 radical (unpaired) electrons. The third-order valence-electron chi connectivity index (χ3n) is 2.13. The quantitative estimate of drug-likeness (QED) is 0.765. The number of aliphatic hydroxyl groups is 1. The van der Waals surface area contributed by atoms with Crippen molar-refractivity contribution in [2.45, 2.75) is 11.8 Å². The second-order valence-corrected chi connectivity index (χ2v) is 5.46. The summed E-state index contributed by atoms with van der Waals surface area (Å²) >= 11 is 0. The van der Waals surface area contributed by atoms with E-state index in [2.05, 4.69) is 17.2 Å². The van der Waals surface area contributed by atoms with Gasteiger partial charge in [0.2, 0.25) is 0 Å². The lowest BCUT2D eigenvalue weighted by Crippen LogP contribution is -2.10. The number of hydrogen-bond acceptors (Lipinski definition) is 4. The van der Waals surface area contributed by atoms with Crippen molar-refractivity contribution in [3.05, 3.63) is 24.3 Å². The number of rotatable bonds is 5. The van der Waals surface area contributed by atoms with Crippen molar-refractivity contribution in [2.75, 3.05) is 24.2 Å². The van der Waals surface area contributed by atoms with Gasteiger partial charge in [0, 0.05) is 5.69 Å². The van der Waals surface area contributed by atoms with Crippen molar-refractivity contribution in [1.82, 2.24) is 0 Å². The lowest BCUT2D eigenvalue weighted by atomic mass is 10.3. The lowest BCUT2D eigenvalue weighted by Gasteiger charge is -2.05. The highest BCUT2D eigenvalue weighted by Crippen LogP contribution is 2.14. The maximum atomic E-state index is 11.6. The van der Waals surface area contributed by atoms with Crippen LogP contribution in [0, 0.1) is 11.8 Å². The second kappa shape index (κ2) is 6.28. The molecule has 0 fully saturated rings. The molecule has 1 aromatic rings. The molecule has 1 rings (SSSR count). The first-order chi connectivity index (χ1) is 8.10. The zero-order valence-electron chi connectivity index (χ0n) is 9.60. The fourth-order valence-electron chi connectivity index (χ4n) is 1.25. The van der Waals surface area contributed by atoms with Crippen LogP contribution in [0.5, 0.6) is 0 Å². The van der Waals surface area contributed by atoms with Gasteiger partial charge in [0.05, 0.1) is 23.8 Å². The molecule has 0 aliphatic rings. The minimum atomic E-state index is -3.36. The van der Waals surface area contributed by atoms with Crippen molar-refractivity contribution in [1.29, 1.82) is 0 Å². The van der Waals surface area contributed by atoms with Gasteiger partial charge in [0.15, 0.2) is 9.84 Å². The highest BCUT2D eigenvalue weighted by molar-refractivity contribution is 7.91. The Bertz CT molecular complexity index is 509. The van der Waals surface area contributed by atoms with E-state index >= 15 is 0 Å². The zero-order valence-corrected chi connectivity index (χ0v) is 10.4. The Balaban J connectivity index is 2.76. The van der Waals surface area contributed by atoms with Crippen molar-refractivity contribution in [3.8, 4) is 11.8 Å². The number of aliphatic hydroxyl groups excluding tert-OH is 1. The Kier molecular flexibility index (Phi) is 5.01. The maximum absolute atomic E-state index is 11.6. The number of sulfone groups is 1. The molecule has 0 saturated heterocycles. The lowest BCUT2D eigenvalue weighted by molar-refractivity contribution is 0.319. The van der Waals surface area contributed by atoms with E-state index in [1.54, 1.807) is 19.1 Å². The van der Waals surface area contributed by atoms with Crippen molar-refractivity contribution < 1.29 is 13.5 Å². The van der Waals surface area contributed by atoms with Gasteiger partial charge < -0.3 is 10.4 Å². The van der Waals surface area contributed by atoms with Crippen LogP contribution in [0.1, 0.15) is 6.92 Å². The molecule has 0 heterocycles. The van der Waals surface area contributed by atoms with E-state index in [1.165, 1.54) is 12.1 Å². The molecule has 0 amide bonds. The molecule has 1 aromatic carbocycles. The molecular weight excluding hydrogens is 238 g/mol. The summed E-state index contributed by atoms with van der Waals surface area (Å²) in [6.45, 7) is 1.92. The fraction of sp³-hybridized carbons (Fsp3) is 0.333. The smallest absolute Gasteiger partial charge is 0.180 e. The summed E-state index contributed by atoms with van der Waals surface area (Å²) in [5, 5.41) is 11.7. The van der Waals surface area contributed by atoms with Crippen LogP contribution in [0.15, 0.2) is 29.2 Å². The summed E-state index contributed by atoms with van der Waals surface area (Å²) in [5.74, 6) is 5.35. The Labute approximate surface area is 102 Å². The molecule has 5 heteroatoms. The molecule has 0 unspecified atom stereocenters. The van der Waals surface area contributed by atoms with Crippen LogP contribution in [-0.2, 0) is 9.84 Å². The van der Waals surface area contributed by atoms with Gasteiger partial charge in [0.25, 0.3) is 0 Å². The van der Waals surface area contributed by atoms with Crippen LogP contribution < -0.4 is 5.32 Å². The molecule has 92 valence electrons. The minimum absolute atomic E-state index is 0.221. The first-order valence-electron chi connectivity index (χ1n) is 5.17. The van der Waals surface area contributed by atoms with E-state index in [4.69, 9.17) is 5.11 Å². The fourth-order valence-corrected chi connectivity index (χ4v) is 2.28. The molecule has 0 aliphatic heterocycles. The van der Waals surface area contributed by atoms with Crippen LogP contribution in [0.4, 0.5) is 5.69 Å². The van der Waals surface area contributed by atoms with Crippen LogP contribution in [0.25, 0.3) is 0 Å². The van der Waals surface area contributed by atoms with Gasteiger partial charge in [-0.25, -0.2) is 8.42 Å². The molecule has 0 aliphatic carbocycles. The van der Waals surface area contributed by atoms with Gasteiger partial charge in [-0.2, -0.15) is 0 Å². The SMILES string of the molecule is CC#CCNc1ccc(S(=O)(=O)CCO)cc1. The second-order valence-electron chi connectivity index (χ2n) is 3.35. The molecule has 2 N–H and O–H groups in total. The van der Waals surface area contributed by atoms with Crippen LogP contribution in [0.3, 0.4) is 0 Å². The first-order valence-corrected chi connectivity index (χ1v) is 6.82. The van der Waals surface area contributed by atoms with Gasteiger partial charge in [-0.3, -0.25) is 0 Å². The molecule has 0 bridgehead atoms. The summed E-state index contributed by atoms with van der Waals surface area (Å²) < 4.78 is 23.2. The van der Waals surface area contributed by atoms with Gasteiger partial charge in [-0.05, 0) is 31.2 Å². The molecule has 0 aromatic heterocycles. The van der Waals surface area contributed by atoms with E-state index in [9.17, 15) is 8.42 Å². The zero-order chi connectivity index (χ0) is 12.7. The standard InChI is InChI=1S/C12H15NO3S/c1-2-3-8-13-11-4-6-12(7-5-11)17(15,16)10-9-14/h4-7,13-14H,8-10H2,1H3. The molecular formula is C12H15NO3S. The number of benzene rings is 1. The van der Waals surface area contributed by atoms with E-state index in [-0.39, 0.29) is 17.3 Å². The van der Waals surface area contributed by atoms with Gasteiger partial charge in [0.1, 0.15) is 0 Å². The summed E-state index contributed by atoms with van der Waals surface area (Å²) in [6.07, 6.45) is 0. The van der Waals surface area contributed by atoms with Crippen LogP contribution >= 0.6 is 0 Å². The minimum Gasteiger partial charge on any atom is -0.395 e. The number of hydrogen-bond donors (Lipinski definition) is 2. The molecule has 17 heavy (non-hydrogen) atoms. The normalized spacial score (nSPS) is 10.5. The topological polar surface area (TPSA) is 66.4 Å². The molecule has 0 spiro atoms. The summed E-state index contributed by atoms with van der Waals surface area (Å²) in [6, 6.07) is 6.41. The van der Waals surface area contributed by atoms with Crippen molar-refractivity contribution >= 4 is 15.5 Å². The third kappa shape index (κ3) is 4.10. The highest BCUT2D eigenvalue weighted by Gasteiger charge is 2.12. The van der Waals surface area contributed by atoms with Gasteiger partial charge >= 0.3 is 0 Å². The van der Waals surface area contributed by atoms with Crippen molar-refractivity contribution in [2.24, 2.45) is 0 Å². The molecule has 0 atom stereocenters. The predicted octanol–water partition coefficient (Wildman–Crippen LogP) is 0.888. The number of nitrogens with one attached hydrogen (secondary N) is 1. The Hall–Kier alpha value is -1.51. The maximum Gasteiger partial charge on any atom is 0.180 e. The largest absolute Gasteiger partial charge is 0.395 e. The van der Waals surface area contributed by atoms with Crippen LogP contribution in [0.2, 0.25) is 0 Å². The number of anilines is 1. The predicted molar refractivity (Wildman–Crippen MR) is 67.5 cm³/mol. The first kappa shape index (κ1) is 13.6. The highest BCUT2D eigenvalue weighted by atomic mass is 32.2.